The first-order chi connectivity index (χ1) is 14.1. The van der Waals surface area contributed by atoms with E-state index in [1.807, 2.05) is 18.2 Å². The molecule has 0 spiro atoms. The van der Waals surface area contributed by atoms with Crippen LogP contribution >= 0.6 is 0 Å². The van der Waals surface area contributed by atoms with E-state index in [1.54, 1.807) is 18.2 Å². The Balaban J connectivity index is 1.52. The van der Waals surface area contributed by atoms with Crippen LogP contribution in [-0.2, 0) is 6.54 Å². The monoisotopic (exact) mass is 392 g/mol. The number of carbonyl (C=O) groups is 1. The predicted octanol–water partition coefficient (Wildman–Crippen LogP) is 5.12. The van der Waals surface area contributed by atoms with Crippen molar-refractivity contribution in [1.29, 1.82) is 0 Å². The molecule has 5 heteroatoms. The lowest BCUT2D eigenvalue weighted by molar-refractivity contribution is 0.199. The maximum Gasteiger partial charge on any atom is 0.343 e. The summed E-state index contributed by atoms with van der Waals surface area (Å²) in [5.41, 5.74) is 3.40. The van der Waals surface area contributed by atoms with Gasteiger partial charge in [-0.15, -0.1) is 0 Å². The number of benzene rings is 2. The second-order valence-corrected chi connectivity index (χ2v) is 7.97. The predicted molar refractivity (Wildman–Crippen MR) is 114 cm³/mol. The van der Waals surface area contributed by atoms with E-state index in [4.69, 9.17) is 9.47 Å². The van der Waals surface area contributed by atoms with Crippen LogP contribution in [-0.4, -0.2) is 36.9 Å². The number of urea groups is 1. The van der Waals surface area contributed by atoms with Gasteiger partial charge in [0.2, 0.25) is 0 Å². The topological polar surface area (TPSA) is 51.1 Å². The van der Waals surface area contributed by atoms with Crippen molar-refractivity contribution in [1.82, 2.24) is 4.90 Å². The summed E-state index contributed by atoms with van der Waals surface area (Å²) < 4.78 is 11.7. The molecule has 2 amide bonds. The first-order valence-corrected chi connectivity index (χ1v) is 10.4. The van der Waals surface area contributed by atoms with Crippen LogP contribution in [0.5, 0.6) is 11.5 Å². The number of nitrogens with zero attached hydrogens (tertiary/aromatic N) is 2. The molecule has 1 atom stereocenters. The molecule has 152 valence electrons. The average Bonchev–Trinajstić information content (AvgIpc) is 3.23. The minimum absolute atomic E-state index is 0.0364. The van der Waals surface area contributed by atoms with Crippen molar-refractivity contribution in [3.63, 3.8) is 0 Å². The third kappa shape index (κ3) is 4.61. The van der Waals surface area contributed by atoms with Crippen LogP contribution in [0.15, 0.2) is 47.5 Å². The highest BCUT2D eigenvalue weighted by Gasteiger charge is 2.25. The molecule has 0 bridgehead atoms. The van der Waals surface area contributed by atoms with E-state index in [0.29, 0.717) is 13.1 Å². The van der Waals surface area contributed by atoms with E-state index in [2.05, 4.69) is 36.2 Å². The van der Waals surface area contributed by atoms with E-state index in [-0.39, 0.29) is 18.1 Å². The van der Waals surface area contributed by atoms with Crippen molar-refractivity contribution in [2.45, 2.75) is 51.2 Å². The first-order valence-electron chi connectivity index (χ1n) is 10.4. The summed E-state index contributed by atoms with van der Waals surface area (Å²) in [6.07, 6.45) is 6.65. The number of hydrogen-bond acceptors (Lipinski definition) is 3. The summed E-state index contributed by atoms with van der Waals surface area (Å²) in [5.74, 6) is 1.57. The molecule has 1 aliphatic heterocycles. The molecule has 1 saturated carbocycles. The highest BCUT2D eigenvalue weighted by Crippen LogP contribution is 2.35. The fourth-order valence-electron chi connectivity index (χ4n) is 4.15. The highest BCUT2D eigenvalue weighted by atomic mass is 16.5. The van der Waals surface area contributed by atoms with Crippen LogP contribution in [0.3, 0.4) is 0 Å². The second kappa shape index (κ2) is 8.68. The molecular weight excluding hydrogens is 364 g/mol. The molecule has 1 heterocycles. The lowest BCUT2D eigenvalue weighted by Crippen LogP contribution is -2.36. The molecule has 1 aliphatic carbocycles. The van der Waals surface area contributed by atoms with Crippen LogP contribution < -0.4 is 9.47 Å². The molecule has 5 nitrogen and oxygen atoms in total. The van der Waals surface area contributed by atoms with Gasteiger partial charge in [-0.05, 0) is 55.9 Å². The molecule has 0 aromatic heterocycles. The van der Waals surface area contributed by atoms with Crippen molar-refractivity contribution in [2.75, 3.05) is 13.7 Å². The molecular formula is C24H28N2O3. The number of amides is 2. The van der Waals surface area contributed by atoms with E-state index in [0.717, 1.165) is 35.5 Å². The Labute approximate surface area is 172 Å². The summed E-state index contributed by atoms with van der Waals surface area (Å²) in [5, 5.41) is 0. The van der Waals surface area contributed by atoms with Crippen molar-refractivity contribution in [3.8, 4) is 11.5 Å². The van der Waals surface area contributed by atoms with Gasteiger partial charge in [0.05, 0.1) is 13.2 Å². The summed E-state index contributed by atoms with van der Waals surface area (Å²) in [6, 6.07) is 14.1. The maximum absolute atomic E-state index is 12.3. The lowest BCUT2D eigenvalue weighted by atomic mass is 9.97. The van der Waals surface area contributed by atoms with Crippen LogP contribution in [0.4, 0.5) is 4.79 Å². The van der Waals surface area contributed by atoms with E-state index >= 15 is 0 Å². The Morgan fingerprint density at radius 1 is 1.10 bits per heavy atom. The molecule has 2 aromatic rings. The number of aryl methyl sites for hydroxylation is 1. The average molecular weight is 392 g/mol. The number of methoxy groups -OCH3 is 1. The van der Waals surface area contributed by atoms with Gasteiger partial charge in [0.25, 0.3) is 0 Å². The van der Waals surface area contributed by atoms with Gasteiger partial charge < -0.3 is 14.4 Å². The Hall–Kier alpha value is -2.82. The number of aliphatic imine (C=N–C) groups is 1. The lowest BCUT2D eigenvalue weighted by Gasteiger charge is -2.28. The van der Waals surface area contributed by atoms with Crippen LogP contribution in [0.1, 0.15) is 48.3 Å². The molecule has 0 radical (unpaired) electrons. The quantitative estimate of drug-likeness (QED) is 0.686. The molecule has 0 saturated heterocycles. The van der Waals surface area contributed by atoms with Crippen molar-refractivity contribution >= 4 is 12.2 Å². The zero-order valence-corrected chi connectivity index (χ0v) is 17.1. The third-order valence-electron chi connectivity index (χ3n) is 5.72. The van der Waals surface area contributed by atoms with Gasteiger partial charge in [-0.1, -0.05) is 35.9 Å². The molecule has 1 unspecified atom stereocenters. The summed E-state index contributed by atoms with van der Waals surface area (Å²) in [6.45, 7) is 3.23. The van der Waals surface area contributed by atoms with Crippen molar-refractivity contribution in [3.05, 3.63) is 59.2 Å². The minimum atomic E-state index is -0.182. The van der Waals surface area contributed by atoms with E-state index < -0.39 is 0 Å². The zero-order chi connectivity index (χ0) is 20.2. The Morgan fingerprint density at radius 3 is 2.69 bits per heavy atom. The molecule has 0 N–H and O–H groups in total. The van der Waals surface area contributed by atoms with Crippen LogP contribution in [0.25, 0.3) is 0 Å². The molecule has 2 aromatic carbocycles. The fourth-order valence-corrected chi connectivity index (χ4v) is 4.15. The van der Waals surface area contributed by atoms with Gasteiger partial charge in [-0.3, -0.25) is 0 Å². The summed E-state index contributed by atoms with van der Waals surface area (Å²) in [7, 11) is 1.67. The molecule has 4 rings (SSSR count). The van der Waals surface area contributed by atoms with E-state index in [1.165, 1.54) is 18.4 Å². The number of carbonyl (C=O) groups excluding carboxylic acids is 1. The zero-order valence-electron chi connectivity index (χ0n) is 17.1. The van der Waals surface area contributed by atoms with Gasteiger partial charge >= 0.3 is 6.03 Å². The van der Waals surface area contributed by atoms with Crippen molar-refractivity contribution < 1.29 is 14.3 Å². The van der Waals surface area contributed by atoms with Gasteiger partial charge in [-0.2, -0.15) is 0 Å². The fraction of sp³-hybridized carbons (Fsp3) is 0.417. The van der Waals surface area contributed by atoms with Gasteiger partial charge in [0.15, 0.2) is 11.5 Å². The summed E-state index contributed by atoms with van der Waals surface area (Å²) in [4.78, 5) is 18.3. The smallest absolute Gasteiger partial charge is 0.343 e. The van der Waals surface area contributed by atoms with Gasteiger partial charge in [0, 0.05) is 25.2 Å². The van der Waals surface area contributed by atoms with E-state index in [9.17, 15) is 4.79 Å². The number of hydrogen-bond donors (Lipinski definition) is 0. The Kier molecular flexibility index (Phi) is 5.84. The summed E-state index contributed by atoms with van der Waals surface area (Å²) >= 11 is 0. The maximum atomic E-state index is 12.3. The first kappa shape index (κ1) is 19.5. The molecule has 1 fully saturated rings. The second-order valence-electron chi connectivity index (χ2n) is 7.97. The third-order valence-corrected chi connectivity index (χ3v) is 5.72. The Bertz CT molecular complexity index is 903. The van der Waals surface area contributed by atoms with Crippen LogP contribution in [0.2, 0.25) is 0 Å². The standard InChI is InChI=1S/C24H28N2O3/c1-17-6-5-7-18(12-17)15-26-16-20(14-25-24(26)27)19-10-11-22(28-2)23(13-19)29-21-8-3-4-9-21/h5-7,10-14,20-21H,3-4,8-9,15-16H2,1-2H3. The number of rotatable bonds is 6. The largest absolute Gasteiger partial charge is 0.493 e. The Morgan fingerprint density at radius 2 is 1.93 bits per heavy atom. The highest BCUT2D eigenvalue weighted by molar-refractivity contribution is 5.89. The SMILES string of the molecule is COc1ccc(C2C=NC(=O)N(Cc3cccc(C)c3)C2)cc1OC1CCCC1. The molecule has 2 aliphatic rings. The van der Waals surface area contributed by atoms with Gasteiger partial charge in [0.1, 0.15) is 0 Å². The van der Waals surface area contributed by atoms with Crippen molar-refractivity contribution in [2.24, 2.45) is 4.99 Å². The number of ether oxygens (including phenoxy) is 2. The minimum Gasteiger partial charge on any atom is -0.493 e. The normalized spacial score (nSPS) is 19.6. The molecule has 29 heavy (non-hydrogen) atoms. The van der Waals surface area contributed by atoms with Crippen LogP contribution in [0, 0.1) is 6.92 Å². The van der Waals surface area contributed by atoms with Gasteiger partial charge in [-0.25, -0.2) is 9.79 Å².